The Hall–Kier alpha value is -1.95. The monoisotopic (exact) mass is 221 g/mol. The predicted octanol–water partition coefficient (Wildman–Crippen LogP) is 0.688. The van der Waals surface area contributed by atoms with E-state index in [-0.39, 0.29) is 23.4 Å². The van der Waals surface area contributed by atoms with Crippen LogP contribution in [0.25, 0.3) is 0 Å². The van der Waals surface area contributed by atoms with Gasteiger partial charge in [-0.2, -0.15) is 0 Å². The van der Waals surface area contributed by atoms with Gasteiger partial charge in [0.1, 0.15) is 0 Å². The zero-order chi connectivity index (χ0) is 11.7. The molecule has 1 fully saturated rings. The van der Waals surface area contributed by atoms with Gasteiger partial charge in [-0.3, -0.25) is 20.3 Å². The van der Waals surface area contributed by atoms with Crippen LogP contribution in [-0.4, -0.2) is 10.8 Å². The predicted molar refractivity (Wildman–Crippen MR) is 56.3 cm³/mol. The van der Waals surface area contributed by atoms with E-state index in [1.54, 1.807) is 12.1 Å². The number of nitrogens with one attached hydrogen (secondary N) is 1. The van der Waals surface area contributed by atoms with Crippen molar-refractivity contribution in [1.29, 1.82) is 0 Å². The number of non-ortho nitro benzene ring substituents is 1. The minimum atomic E-state index is -0.441. The van der Waals surface area contributed by atoms with Crippen LogP contribution in [0, 0.1) is 16.0 Å². The lowest BCUT2D eigenvalue weighted by atomic mass is 10.1. The Kier molecular flexibility index (Phi) is 2.57. The lowest BCUT2D eigenvalue weighted by molar-refractivity contribution is -0.384. The Morgan fingerprint density at radius 3 is 2.94 bits per heavy atom. The third-order valence-electron chi connectivity index (χ3n) is 2.78. The summed E-state index contributed by atoms with van der Waals surface area (Å²) in [6.07, 6.45) is 0.699. The minimum absolute atomic E-state index is 0.0521. The largest absolute Gasteiger partial charge is 0.294 e. The van der Waals surface area contributed by atoms with Gasteiger partial charge in [0.2, 0.25) is 5.91 Å². The molecule has 16 heavy (non-hydrogen) atoms. The molecule has 84 valence electrons. The van der Waals surface area contributed by atoms with Crippen molar-refractivity contribution in [3.05, 3.63) is 39.9 Å². The first kappa shape index (κ1) is 10.6. The van der Waals surface area contributed by atoms with Gasteiger partial charge in [0.25, 0.3) is 5.69 Å². The average Bonchev–Trinajstić information content (AvgIpc) is 3.08. The van der Waals surface area contributed by atoms with Gasteiger partial charge in [0.05, 0.1) is 4.92 Å². The molecule has 1 aliphatic carbocycles. The topological polar surface area (TPSA) is 98.3 Å². The molecule has 3 N–H and O–H groups in total. The third kappa shape index (κ3) is 1.87. The second kappa shape index (κ2) is 3.90. The van der Waals surface area contributed by atoms with E-state index in [0.717, 1.165) is 5.56 Å². The van der Waals surface area contributed by atoms with Gasteiger partial charge in [0.15, 0.2) is 0 Å². The highest BCUT2D eigenvalue weighted by atomic mass is 16.6. The minimum Gasteiger partial charge on any atom is -0.294 e. The van der Waals surface area contributed by atoms with Crippen molar-refractivity contribution in [2.75, 3.05) is 0 Å². The maximum absolute atomic E-state index is 11.2. The van der Waals surface area contributed by atoms with E-state index in [2.05, 4.69) is 5.43 Å². The molecule has 1 saturated carbocycles. The first-order valence-corrected chi connectivity index (χ1v) is 4.88. The van der Waals surface area contributed by atoms with Crippen molar-refractivity contribution in [3.63, 3.8) is 0 Å². The molecule has 0 spiro atoms. The third-order valence-corrected chi connectivity index (χ3v) is 2.78. The molecule has 0 saturated heterocycles. The molecule has 1 amide bonds. The molecule has 1 aromatic rings. The van der Waals surface area contributed by atoms with Crippen LogP contribution in [0.15, 0.2) is 24.3 Å². The fraction of sp³-hybridized carbons (Fsp3) is 0.300. The summed E-state index contributed by atoms with van der Waals surface area (Å²) in [6, 6.07) is 6.36. The van der Waals surface area contributed by atoms with Gasteiger partial charge in [-0.25, -0.2) is 5.84 Å². The molecular weight excluding hydrogens is 210 g/mol. The summed E-state index contributed by atoms with van der Waals surface area (Å²) in [4.78, 5) is 21.3. The number of amides is 1. The zero-order valence-electron chi connectivity index (χ0n) is 8.42. The number of benzene rings is 1. The van der Waals surface area contributed by atoms with E-state index in [4.69, 9.17) is 5.84 Å². The number of hydrogen-bond acceptors (Lipinski definition) is 4. The molecule has 0 aliphatic heterocycles. The second-order valence-corrected chi connectivity index (χ2v) is 3.81. The van der Waals surface area contributed by atoms with Crippen LogP contribution in [-0.2, 0) is 4.79 Å². The van der Waals surface area contributed by atoms with E-state index in [1.807, 2.05) is 0 Å². The summed E-state index contributed by atoms with van der Waals surface area (Å²) < 4.78 is 0. The smallest absolute Gasteiger partial charge is 0.269 e. The fourth-order valence-electron chi connectivity index (χ4n) is 1.83. The standard InChI is InChI=1S/C10H11N3O3/c11-12-10(14)9-5-8(9)6-2-1-3-7(4-6)13(15)16/h1-4,8-9H,5,11H2,(H,12,14). The van der Waals surface area contributed by atoms with Crippen molar-refractivity contribution < 1.29 is 9.72 Å². The van der Waals surface area contributed by atoms with Crippen LogP contribution in [0.2, 0.25) is 0 Å². The van der Waals surface area contributed by atoms with Gasteiger partial charge in [-0.15, -0.1) is 0 Å². The van der Waals surface area contributed by atoms with Crippen LogP contribution in [0.1, 0.15) is 17.9 Å². The molecule has 2 unspecified atom stereocenters. The van der Waals surface area contributed by atoms with Gasteiger partial charge in [-0.1, -0.05) is 12.1 Å². The number of nitrogens with two attached hydrogens (primary N) is 1. The molecule has 0 bridgehead atoms. The number of nitrogens with zero attached hydrogens (tertiary/aromatic N) is 1. The maximum Gasteiger partial charge on any atom is 0.269 e. The van der Waals surface area contributed by atoms with E-state index in [1.165, 1.54) is 12.1 Å². The number of hydrazine groups is 1. The first-order chi connectivity index (χ1) is 7.63. The van der Waals surface area contributed by atoms with Gasteiger partial charge in [-0.05, 0) is 17.9 Å². The van der Waals surface area contributed by atoms with Crippen molar-refractivity contribution in [1.82, 2.24) is 5.43 Å². The van der Waals surface area contributed by atoms with E-state index >= 15 is 0 Å². The number of nitro groups is 1. The van der Waals surface area contributed by atoms with Crippen LogP contribution in [0.4, 0.5) is 5.69 Å². The van der Waals surface area contributed by atoms with E-state index < -0.39 is 4.92 Å². The zero-order valence-corrected chi connectivity index (χ0v) is 8.42. The van der Waals surface area contributed by atoms with Crippen molar-refractivity contribution in [3.8, 4) is 0 Å². The molecule has 0 radical (unpaired) electrons. The van der Waals surface area contributed by atoms with Crippen molar-refractivity contribution in [2.45, 2.75) is 12.3 Å². The molecule has 1 aliphatic rings. The average molecular weight is 221 g/mol. The Morgan fingerprint density at radius 1 is 1.56 bits per heavy atom. The summed E-state index contributed by atoms with van der Waals surface area (Å²) >= 11 is 0. The Balaban J connectivity index is 2.15. The summed E-state index contributed by atoms with van der Waals surface area (Å²) in [6.45, 7) is 0. The van der Waals surface area contributed by atoms with Gasteiger partial charge >= 0.3 is 0 Å². The molecule has 2 rings (SSSR count). The number of nitro benzene ring substituents is 1. The normalized spacial score (nSPS) is 22.6. The fourth-order valence-corrected chi connectivity index (χ4v) is 1.83. The number of carbonyl (C=O) groups excluding carboxylic acids is 1. The summed E-state index contributed by atoms with van der Waals surface area (Å²) in [5.74, 6) is 4.72. The highest BCUT2D eigenvalue weighted by Crippen LogP contribution is 2.47. The Morgan fingerprint density at radius 2 is 2.31 bits per heavy atom. The SMILES string of the molecule is NNC(=O)C1CC1c1cccc([N+](=O)[O-])c1. The second-order valence-electron chi connectivity index (χ2n) is 3.81. The summed E-state index contributed by atoms with van der Waals surface area (Å²) in [5, 5.41) is 10.6. The van der Waals surface area contributed by atoms with Crippen LogP contribution in [0.5, 0.6) is 0 Å². The number of hydrogen-bond donors (Lipinski definition) is 2. The Bertz CT molecular complexity index is 447. The molecule has 6 heteroatoms. The maximum atomic E-state index is 11.2. The molecular formula is C10H11N3O3. The molecule has 6 nitrogen and oxygen atoms in total. The molecule has 0 heterocycles. The first-order valence-electron chi connectivity index (χ1n) is 4.88. The van der Waals surface area contributed by atoms with Gasteiger partial charge in [0, 0.05) is 18.1 Å². The number of rotatable bonds is 3. The molecule has 1 aromatic carbocycles. The quantitative estimate of drug-likeness (QED) is 0.339. The van der Waals surface area contributed by atoms with Gasteiger partial charge < -0.3 is 0 Å². The highest BCUT2D eigenvalue weighted by molar-refractivity contribution is 5.82. The van der Waals surface area contributed by atoms with Crippen molar-refractivity contribution >= 4 is 11.6 Å². The lowest BCUT2D eigenvalue weighted by Gasteiger charge is -2.00. The highest BCUT2D eigenvalue weighted by Gasteiger charge is 2.44. The Labute approximate surface area is 91.6 Å². The summed E-state index contributed by atoms with van der Waals surface area (Å²) in [5.41, 5.74) is 2.97. The number of carbonyl (C=O) groups is 1. The van der Waals surface area contributed by atoms with E-state index in [0.29, 0.717) is 6.42 Å². The van der Waals surface area contributed by atoms with Crippen molar-refractivity contribution in [2.24, 2.45) is 11.8 Å². The van der Waals surface area contributed by atoms with Crippen LogP contribution in [0.3, 0.4) is 0 Å². The lowest BCUT2D eigenvalue weighted by Crippen LogP contribution is -2.31. The summed E-state index contributed by atoms with van der Waals surface area (Å²) in [7, 11) is 0. The van der Waals surface area contributed by atoms with E-state index in [9.17, 15) is 14.9 Å². The van der Waals surface area contributed by atoms with Crippen LogP contribution < -0.4 is 11.3 Å². The molecule has 2 atom stereocenters. The van der Waals surface area contributed by atoms with Crippen LogP contribution >= 0.6 is 0 Å². The molecule has 0 aromatic heterocycles.